The number of carbonyl (C=O) groups excluding carboxylic acids is 1. The maximum absolute atomic E-state index is 12.9. The number of Topliss-reactive ketones (excluding diaryl/α,β-unsaturated/α-hetero) is 1. The zero-order valence-electron chi connectivity index (χ0n) is 22.9. The number of carbonyl (C=O) groups is 1. The van der Waals surface area contributed by atoms with Gasteiger partial charge in [0.05, 0.1) is 6.10 Å². The number of hydrogen-bond acceptors (Lipinski definition) is 2. The highest BCUT2D eigenvalue weighted by atomic mass is 16.5. The maximum atomic E-state index is 12.9. The first kappa shape index (κ1) is 24.1. The van der Waals surface area contributed by atoms with Crippen molar-refractivity contribution in [3.8, 4) is 0 Å². The quantitative estimate of drug-likeness (QED) is 0.374. The summed E-state index contributed by atoms with van der Waals surface area (Å²) < 4.78 is 6.01. The minimum absolute atomic E-state index is 0.146. The van der Waals surface area contributed by atoms with E-state index < -0.39 is 0 Å². The molecule has 2 nitrogen and oxygen atoms in total. The number of ether oxygens (including phenoxy) is 1. The number of fused-ring (bicyclic) bond motifs is 5. The smallest absolute Gasteiger partial charge is 0.138 e. The highest BCUT2D eigenvalue weighted by Gasteiger charge is 2.62. The van der Waals surface area contributed by atoms with E-state index in [2.05, 4.69) is 48.5 Å². The first-order chi connectivity index (χ1) is 15.3. The lowest BCUT2D eigenvalue weighted by Gasteiger charge is -2.62. The number of hydrogen-bond donors (Lipinski definition) is 0. The molecule has 33 heavy (non-hydrogen) atoms. The van der Waals surface area contributed by atoms with Gasteiger partial charge in [0.2, 0.25) is 0 Å². The molecule has 0 aromatic carbocycles. The lowest BCUT2D eigenvalue weighted by Crippen LogP contribution is -2.57. The average Bonchev–Trinajstić information content (AvgIpc) is 2.88. The van der Waals surface area contributed by atoms with Gasteiger partial charge in [-0.2, -0.15) is 0 Å². The third kappa shape index (κ3) is 3.17. The second-order valence-corrected chi connectivity index (χ2v) is 14.8. The van der Waals surface area contributed by atoms with Gasteiger partial charge in [0.1, 0.15) is 5.78 Å². The fraction of sp³-hybridized carbons (Fsp3) is 0.903. The maximum Gasteiger partial charge on any atom is 0.138 e. The van der Waals surface area contributed by atoms with Crippen LogP contribution in [0.5, 0.6) is 0 Å². The van der Waals surface area contributed by atoms with Crippen LogP contribution in [0, 0.1) is 44.8 Å². The summed E-state index contributed by atoms with van der Waals surface area (Å²) in [6.07, 6.45) is 14.0. The van der Waals surface area contributed by atoms with Crippen LogP contribution in [-0.4, -0.2) is 19.0 Å². The summed E-state index contributed by atoms with van der Waals surface area (Å²) in [6.45, 7) is 17.4. The summed E-state index contributed by atoms with van der Waals surface area (Å²) in [4.78, 5) is 12.9. The molecule has 0 amide bonds. The molecule has 5 rings (SSSR count). The highest BCUT2D eigenvalue weighted by molar-refractivity contribution is 5.85. The predicted molar refractivity (Wildman–Crippen MR) is 136 cm³/mol. The van der Waals surface area contributed by atoms with E-state index in [0.29, 0.717) is 34.1 Å². The monoisotopic (exact) mass is 454 g/mol. The molecule has 0 N–H and O–H groups in total. The number of rotatable bonds is 1. The van der Waals surface area contributed by atoms with Crippen molar-refractivity contribution in [3.05, 3.63) is 11.1 Å². The van der Waals surface area contributed by atoms with Crippen molar-refractivity contribution in [2.75, 3.05) is 7.11 Å². The second-order valence-electron chi connectivity index (χ2n) is 14.8. The summed E-state index contributed by atoms with van der Waals surface area (Å²) in [5.41, 5.74) is 4.87. The minimum Gasteiger partial charge on any atom is -0.381 e. The van der Waals surface area contributed by atoms with Crippen LogP contribution in [0.2, 0.25) is 0 Å². The Morgan fingerprint density at radius 1 is 0.758 bits per heavy atom. The van der Waals surface area contributed by atoms with Crippen LogP contribution >= 0.6 is 0 Å². The standard InChI is InChI=1S/C31H50O2/c1-27(2)23-13-16-29(5)19-20-9-11-22-28(3,4)26(33-8)15-18-30(22,6)21(20)10-12-24(29)31(23,7)17-14-25(27)32/h22-24,26H,9-19H2,1-8H3/t22-,23-,24+,26+,29-,30+,31-/m0/s1. The van der Waals surface area contributed by atoms with E-state index >= 15 is 0 Å². The first-order valence-electron chi connectivity index (χ1n) is 14.1. The summed E-state index contributed by atoms with van der Waals surface area (Å²) in [5, 5.41) is 0. The molecule has 0 unspecified atom stereocenters. The molecule has 0 saturated heterocycles. The topological polar surface area (TPSA) is 26.3 Å². The summed E-state index contributed by atoms with van der Waals surface area (Å²) in [7, 11) is 1.92. The van der Waals surface area contributed by atoms with Crippen molar-refractivity contribution in [2.24, 2.45) is 44.8 Å². The van der Waals surface area contributed by atoms with Crippen molar-refractivity contribution in [1.82, 2.24) is 0 Å². The lowest BCUT2D eigenvalue weighted by molar-refractivity contribution is -0.159. The van der Waals surface area contributed by atoms with Crippen LogP contribution in [0.1, 0.15) is 119 Å². The van der Waals surface area contributed by atoms with Crippen LogP contribution < -0.4 is 0 Å². The number of allylic oxidation sites excluding steroid dienone is 2. The molecule has 186 valence electrons. The molecule has 0 radical (unpaired) electrons. The first-order valence-corrected chi connectivity index (χ1v) is 14.1. The van der Waals surface area contributed by atoms with Crippen molar-refractivity contribution >= 4 is 5.78 Å². The van der Waals surface area contributed by atoms with E-state index in [9.17, 15) is 4.79 Å². The molecule has 5 aliphatic carbocycles. The Hall–Kier alpha value is -0.630. The van der Waals surface area contributed by atoms with E-state index in [1.807, 2.05) is 18.3 Å². The zero-order valence-corrected chi connectivity index (χ0v) is 22.9. The molecule has 5 aliphatic rings. The Morgan fingerprint density at radius 3 is 2.15 bits per heavy atom. The van der Waals surface area contributed by atoms with Crippen LogP contribution in [-0.2, 0) is 9.53 Å². The summed E-state index contributed by atoms with van der Waals surface area (Å²) in [6, 6.07) is 0. The Labute approximate surface area is 203 Å². The van der Waals surface area contributed by atoms with E-state index in [1.165, 1.54) is 57.8 Å². The summed E-state index contributed by atoms with van der Waals surface area (Å²) >= 11 is 0. The van der Waals surface area contributed by atoms with E-state index in [4.69, 9.17) is 4.74 Å². The van der Waals surface area contributed by atoms with Gasteiger partial charge >= 0.3 is 0 Å². The fourth-order valence-corrected chi connectivity index (χ4v) is 11.1. The third-order valence-corrected chi connectivity index (χ3v) is 12.8. The molecular formula is C31H50O2. The van der Waals surface area contributed by atoms with Gasteiger partial charge in [-0.05, 0) is 104 Å². The minimum atomic E-state index is -0.146. The van der Waals surface area contributed by atoms with Crippen LogP contribution in [0.15, 0.2) is 11.1 Å². The molecular weight excluding hydrogens is 404 g/mol. The van der Waals surface area contributed by atoms with Crippen molar-refractivity contribution in [2.45, 2.75) is 125 Å². The number of methoxy groups -OCH3 is 1. The van der Waals surface area contributed by atoms with Gasteiger partial charge in [-0.25, -0.2) is 0 Å². The zero-order chi connectivity index (χ0) is 24.0. The Kier molecular flexibility index (Phi) is 5.43. The molecule has 3 fully saturated rings. The third-order valence-electron chi connectivity index (χ3n) is 12.8. The van der Waals surface area contributed by atoms with E-state index in [1.54, 1.807) is 0 Å². The van der Waals surface area contributed by atoms with Gasteiger partial charge in [0, 0.05) is 18.9 Å². The van der Waals surface area contributed by atoms with Gasteiger partial charge in [-0.15, -0.1) is 0 Å². The molecule has 0 heterocycles. The molecule has 0 aromatic rings. The van der Waals surface area contributed by atoms with Crippen molar-refractivity contribution in [3.63, 3.8) is 0 Å². The summed E-state index contributed by atoms with van der Waals surface area (Å²) in [5.74, 6) is 2.54. The molecule has 0 bridgehead atoms. The Bertz CT molecular complexity index is 864. The van der Waals surface area contributed by atoms with Gasteiger partial charge < -0.3 is 4.74 Å². The highest BCUT2D eigenvalue weighted by Crippen LogP contribution is 2.69. The SMILES string of the molecule is CO[C@@H]1CC[C@]2(C)C3=C(CC[C@H]2C1(C)C)C[C@]1(C)CC[C@H]2C(C)(C)C(=O)CC[C@]2(C)[C@@H]1CC3. The van der Waals surface area contributed by atoms with Gasteiger partial charge in [-0.3, -0.25) is 4.79 Å². The normalized spacial score (nSPS) is 48.8. The van der Waals surface area contributed by atoms with Crippen molar-refractivity contribution < 1.29 is 9.53 Å². The van der Waals surface area contributed by atoms with Crippen LogP contribution in [0.4, 0.5) is 0 Å². The Morgan fingerprint density at radius 2 is 1.45 bits per heavy atom. The predicted octanol–water partition coefficient (Wildman–Crippen LogP) is 8.15. The van der Waals surface area contributed by atoms with E-state index in [-0.39, 0.29) is 10.8 Å². The molecule has 0 aromatic heterocycles. The average molecular weight is 455 g/mol. The lowest BCUT2D eigenvalue weighted by atomic mass is 9.42. The number of ketones is 1. The van der Waals surface area contributed by atoms with Crippen molar-refractivity contribution in [1.29, 1.82) is 0 Å². The molecule has 0 aliphatic heterocycles. The van der Waals surface area contributed by atoms with Crippen LogP contribution in [0.3, 0.4) is 0 Å². The van der Waals surface area contributed by atoms with E-state index in [0.717, 1.165) is 24.7 Å². The molecule has 2 heteroatoms. The largest absolute Gasteiger partial charge is 0.381 e. The second kappa shape index (κ2) is 7.44. The van der Waals surface area contributed by atoms with Gasteiger partial charge in [0.25, 0.3) is 0 Å². The van der Waals surface area contributed by atoms with Gasteiger partial charge in [-0.1, -0.05) is 59.6 Å². The Balaban J connectivity index is 1.50. The fourth-order valence-electron chi connectivity index (χ4n) is 11.1. The molecule has 7 atom stereocenters. The molecule has 3 saturated carbocycles. The molecule has 0 spiro atoms. The van der Waals surface area contributed by atoms with Gasteiger partial charge in [0.15, 0.2) is 0 Å². The van der Waals surface area contributed by atoms with Crippen LogP contribution in [0.25, 0.3) is 0 Å².